The van der Waals surface area contributed by atoms with E-state index in [1.165, 1.54) is 24.1 Å². The summed E-state index contributed by atoms with van der Waals surface area (Å²) < 4.78 is 35.2. The lowest BCUT2D eigenvalue weighted by atomic mass is 10.0. The molecule has 0 fully saturated rings. The fourth-order valence-corrected chi connectivity index (χ4v) is 6.65. The number of amides is 2. The van der Waals surface area contributed by atoms with Crippen LogP contribution in [-0.2, 0) is 32.6 Å². The Balaban J connectivity index is 1.80. The van der Waals surface area contributed by atoms with Crippen molar-refractivity contribution in [3.05, 3.63) is 125 Å². The van der Waals surface area contributed by atoms with Crippen LogP contribution in [0.15, 0.2) is 119 Å². The zero-order valence-electron chi connectivity index (χ0n) is 24.9. The van der Waals surface area contributed by atoms with Crippen molar-refractivity contribution < 1.29 is 22.7 Å². The Kier molecular flexibility index (Phi) is 11.2. The monoisotopic (exact) mass is 677 g/mol. The molecule has 1 N–H and O–H groups in total. The molecule has 0 saturated heterocycles. The lowest BCUT2D eigenvalue weighted by Gasteiger charge is -2.34. The van der Waals surface area contributed by atoms with E-state index in [1.54, 1.807) is 42.5 Å². The maximum Gasteiger partial charge on any atom is 0.264 e. The third kappa shape index (κ3) is 8.48. The molecule has 0 aliphatic rings. The summed E-state index contributed by atoms with van der Waals surface area (Å²) in [5, 5.41) is 2.96. The minimum atomic E-state index is -4.17. The molecule has 0 aliphatic heterocycles. The summed E-state index contributed by atoms with van der Waals surface area (Å²) in [5.74, 6) is -0.309. The summed E-state index contributed by atoms with van der Waals surface area (Å²) in [6.07, 6.45) is 0.243. The molecule has 0 spiro atoms. The molecule has 2 amide bonds. The average Bonchev–Trinajstić information content (AvgIpc) is 3.02. The number of hydrogen-bond donors (Lipinski definition) is 1. The largest absolute Gasteiger partial charge is 0.497 e. The topological polar surface area (TPSA) is 96.0 Å². The summed E-state index contributed by atoms with van der Waals surface area (Å²) >= 11 is 3.50. The highest BCUT2D eigenvalue weighted by molar-refractivity contribution is 9.10. The number of rotatable bonds is 13. The molecule has 4 aromatic carbocycles. The molecule has 10 heteroatoms. The zero-order valence-corrected chi connectivity index (χ0v) is 27.3. The molecule has 230 valence electrons. The van der Waals surface area contributed by atoms with E-state index in [4.69, 9.17) is 4.74 Å². The molecule has 4 aromatic rings. The van der Waals surface area contributed by atoms with Crippen molar-refractivity contribution in [2.24, 2.45) is 0 Å². The molecule has 44 heavy (non-hydrogen) atoms. The minimum absolute atomic E-state index is 0.0422. The fourth-order valence-electron chi connectivity index (χ4n) is 4.76. The van der Waals surface area contributed by atoms with Gasteiger partial charge in [-0.05, 0) is 73.5 Å². The van der Waals surface area contributed by atoms with E-state index in [9.17, 15) is 18.0 Å². The molecular weight excluding hydrogens is 642 g/mol. The van der Waals surface area contributed by atoms with Crippen molar-refractivity contribution in [2.75, 3.05) is 18.0 Å². The first-order valence-corrected chi connectivity index (χ1v) is 16.4. The summed E-state index contributed by atoms with van der Waals surface area (Å²) in [6.45, 7) is 3.27. The Bertz CT molecular complexity index is 1650. The van der Waals surface area contributed by atoms with Crippen molar-refractivity contribution in [3.8, 4) is 5.75 Å². The van der Waals surface area contributed by atoms with Crippen LogP contribution in [0, 0.1) is 0 Å². The Labute approximate surface area is 267 Å². The van der Waals surface area contributed by atoms with Crippen LogP contribution in [-0.4, -0.2) is 50.9 Å². The average molecular weight is 679 g/mol. The van der Waals surface area contributed by atoms with E-state index in [0.717, 1.165) is 19.9 Å². The highest BCUT2D eigenvalue weighted by Gasteiger charge is 2.34. The highest BCUT2D eigenvalue weighted by Crippen LogP contribution is 2.27. The maximum absolute atomic E-state index is 14.4. The van der Waals surface area contributed by atoms with Crippen LogP contribution < -0.4 is 14.4 Å². The van der Waals surface area contributed by atoms with Gasteiger partial charge in [-0.2, -0.15) is 0 Å². The van der Waals surface area contributed by atoms with E-state index < -0.39 is 28.5 Å². The molecule has 8 nitrogen and oxygen atoms in total. The molecular formula is C34H36BrN3O5S. The first-order chi connectivity index (χ1) is 21.1. The molecule has 0 heterocycles. The van der Waals surface area contributed by atoms with Crippen LogP contribution in [0.3, 0.4) is 0 Å². The summed E-state index contributed by atoms with van der Waals surface area (Å²) in [4.78, 5) is 29.7. The van der Waals surface area contributed by atoms with Gasteiger partial charge in [-0.15, -0.1) is 0 Å². The van der Waals surface area contributed by atoms with Gasteiger partial charge >= 0.3 is 0 Å². The number of sulfonamides is 1. The summed E-state index contributed by atoms with van der Waals surface area (Å²) in [5.41, 5.74) is 1.94. The van der Waals surface area contributed by atoms with Gasteiger partial charge in [0.15, 0.2) is 0 Å². The number of nitrogens with one attached hydrogen (secondary N) is 1. The zero-order chi connectivity index (χ0) is 31.7. The summed E-state index contributed by atoms with van der Waals surface area (Å²) in [7, 11) is -2.65. The molecule has 0 aromatic heterocycles. The second kappa shape index (κ2) is 15.0. The normalized spacial score (nSPS) is 11.9. The Morgan fingerprint density at radius 1 is 0.841 bits per heavy atom. The smallest absolute Gasteiger partial charge is 0.264 e. The molecule has 1 unspecified atom stereocenters. The van der Waals surface area contributed by atoms with Crippen LogP contribution in [0.2, 0.25) is 0 Å². The standard InChI is InChI=1S/C34H36BrN3O5S/c1-25(2)36-34(40)32(22-26-11-6-4-7-12-26)37(23-27-13-10-14-28(35)21-27)33(39)24-38(29-17-19-30(43-3)20-18-29)44(41,42)31-15-8-5-9-16-31/h4-21,25,32H,22-24H2,1-3H3,(H,36,40). The third-order valence-corrected chi connectivity index (χ3v) is 9.20. The minimum Gasteiger partial charge on any atom is -0.497 e. The predicted octanol–water partition coefficient (Wildman–Crippen LogP) is 5.82. The van der Waals surface area contributed by atoms with Crippen molar-refractivity contribution in [1.29, 1.82) is 0 Å². The molecule has 4 rings (SSSR count). The van der Waals surface area contributed by atoms with Gasteiger partial charge in [-0.1, -0.05) is 76.6 Å². The molecule has 0 saturated carbocycles. The van der Waals surface area contributed by atoms with Gasteiger partial charge in [0.1, 0.15) is 18.3 Å². The van der Waals surface area contributed by atoms with Crippen LogP contribution in [0.5, 0.6) is 5.75 Å². The highest BCUT2D eigenvalue weighted by atomic mass is 79.9. The van der Waals surface area contributed by atoms with Gasteiger partial charge in [-0.3, -0.25) is 13.9 Å². The van der Waals surface area contributed by atoms with E-state index in [2.05, 4.69) is 21.2 Å². The number of hydrogen-bond acceptors (Lipinski definition) is 5. The number of methoxy groups -OCH3 is 1. The van der Waals surface area contributed by atoms with E-state index >= 15 is 0 Å². The van der Waals surface area contributed by atoms with E-state index in [0.29, 0.717) is 5.75 Å². The quantitative estimate of drug-likeness (QED) is 0.193. The lowest BCUT2D eigenvalue weighted by Crippen LogP contribution is -2.54. The first kappa shape index (κ1) is 32.8. The SMILES string of the molecule is COc1ccc(N(CC(=O)N(Cc2cccc(Br)c2)C(Cc2ccccc2)C(=O)NC(C)C)S(=O)(=O)c2ccccc2)cc1. The van der Waals surface area contributed by atoms with Crippen LogP contribution in [0.4, 0.5) is 5.69 Å². The Morgan fingerprint density at radius 2 is 1.45 bits per heavy atom. The third-order valence-electron chi connectivity index (χ3n) is 6.91. The number of carbonyl (C=O) groups excluding carboxylic acids is 2. The van der Waals surface area contributed by atoms with Crippen molar-refractivity contribution in [2.45, 2.75) is 43.8 Å². The number of ether oxygens (including phenoxy) is 1. The fraction of sp³-hybridized carbons (Fsp3) is 0.235. The number of benzene rings is 4. The Morgan fingerprint density at radius 3 is 2.05 bits per heavy atom. The number of carbonyl (C=O) groups is 2. The summed E-state index contributed by atoms with van der Waals surface area (Å²) in [6, 6.07) is 30.3. The van der Waals surface area contributed by atoms with Gasteiger partial charge < -0.3 is 15.0 Å². The molecule has 0 bridgehead atoms. The van der Waals surface area contributed by atoms with Gasteiger partial charge in [0, 0.05) is 23.5 Å². The molecule has 0 aliphatic carbocycles. The van der Waals surface area contributed by atoms with Crippen molar-refractivity contribution in [1.82, 2.24) is 10.2 Å². The van der Waals surface area contributed by atoms with Gasteiger partial charge in [0.25, 0.3) is 10.0 Å². The van der Waals surface area contributed by atoms with Gasteiger partial charge in [0.05, 0.1) is 17.7 Å². The number of nitrogens with zero attached hydrogens (tertiary/aromatic N) is 2. The second-order valence-corrected chi connectivity index (χ2v) is 13.3. The second-order valence-electron chi connectivity index (χ2n) is 10.5. The number of halogens is 1. The van der Waals surface area contributed by atoms with Gasteiger partial charge in [-0.25, -0.2) is 8.42 Å². The maximum atomic E-state index is 14.4. The van der Waals surface area contributed by atoms with Crippen LogP contribution in [0.25, 0.3) is 0 Å². The molecule has 1 atom stereocenters. The Hall–Kier alpha value is -4.15. The van der Waals surface area contributed by atoms with Crippen molar-refractivity contribution in [3.63, 3.8) is 0 Å². The van der Waals surface area contributed by atoms with E-state index in [-0.39, 0.29) is 35.5 Å². The van der Waals surface area contributed by atoms with Crippen LogP contribution >= 0.6 is 15.9 Å². The van der Waals surface area contributed by atoms with E-state index in [1.807, 2.05) is 68.4 Å². The predicted molar refractivity (Wildman–Crippen MR) is 176 cm³/mol. The number of anilines is 1. The van der Waals surface area contributed by atoms with Crippen LogP contribution in [0.1, 0.15) is 25.0 Å². The van der Waals surface area contributed by atoms with Gasteiger partial charge in [0.2, 0.25) is 11.8 Å². The van der Waals surface area contributed by atoms with Crippen molar-refractivity contribution >= 4 is 43.5 Å². The lowest BCUT2D eigenvalue weighted by molar-refractivity contribution is -0.140. The molecule has 0 radical (unpaired) electrons. The first-order valence-electron chi connectivity index (χ1n) is 14.2.